The number of hydrogen-bond acceptors (Lipinski definition) is 7. The zero-order valence-corrected chi connectivity index (χ0v) is 20.3. The molecule has 0 spiro atoms. The van der Waals surface area contributed by atoms with Crippen molar-refractivity contribution in [3.63, 3.8) is 0 Å². The van der Waals surface area contributed by atoms with Gasteiger partial charge >= 0.3 is 0 Å². The van der Waals surface area contributed by atoms with Gasteiger partial charge in [-0.1, -0.05) is 0 Å². The Morgan fingerprint density at radius 3 is 2.38 bits per heavy atom. The van der Waals surface area contributed by atoms with Gasteiger partial charge in [0, 0.05) is 37.8 Å². The molecule has 4 rings (SSSR count). The molecule has 1 fully saturated rings. The molecule has 2 aromatic carbocycles. The van der Waals surface area contributed by atoms with Gasteiger partial charge in [-0.15, -0.1) is 0 Å². The quantitative estimate of drug-likeness (QED) is 0.682. The molecule has 2 aliphatic heterocycles. The molecule has 2 amide bonds. The molecule has 1 N–H and O–H groups in total. The van der Waals surface area contributed by atoms with E-state index < -0.39 is 16.1 Å². The van der Waals surface area contributed by atoms with Crippen LogP contribution in [0.2, 0.25) is 0 Å². The molecule has 34 heavy (non-hydrogen) atoms. The van der Waals surface area contributed by atoms with Crippen LogP contribution in [0.3, 0.4) is 0 Å². The Bertz CT molecular complexity index is 1240. The van der Waals surface area contributed by atoms with Crippen LogP contribution in [0.5, 0.6) is 17.2 Å². The largest absolute Gasteiger partial charge is 0.493 e. The minimum Gasteiger partial charge on any atom is -0.493 e. The van der Waals surface area contributed by atoms with Crippen molar-refractivity contribution in [3.8, 4) is 17.2 Å². The zero-order valence-electron chi connectivity index (χ0n) is 19.5. The number of anilines is 1. The lowest BCUT2D eigenvalue weighted by atomic mass is 10.1. The normalized spacial score (nSPS) is 18.5. The highest BCUT2D eigenvalue weighted by Crippen LogP contribution is 2.35. The third kappa shape index (κ3) is 4.28. The maximum atomic E-state index is 13.4. The topological polar surface area (TPSA) is 114 Å². The molecule has 0 unspecified atom stereocenters. The highest BCUT2D eigenvalue weighted by atomic mass is 32.2. The van der Waals surface area contributed by atoms with Crippen molar-refractivity contribution < 1.29 is 32.2 Å². The van der Waals surface area contributed by atoms with Gasteiger partial charge in [-0.2, -0.15) is 4.31 Å². The summed E-state index contributed by atoms with van der Waals surface area (Å²) in [6.45, 7) is 4.09. The molecule has 11 heteroatoms. The number of carbonyl (C=O) groups is 2. The van der Waals surface area contributed by atoms with Gasteiger partial charge in [0.1, 0.15) is 5.75 Å². The highest BCUT2D eigenvalue weighted by molar-refractivity contribution is 7.89. The molecule has 1 atom stereocenters. The first-order valence-electron chi connectivity index (χ1n) is 10.8. The molecular formula is C23H27N3O7S. The molecule has 2 heterocycles. The van der Waals surface area contributed by atoms with Crippen LogP contribution in [0.15, 0.2) is 35.2 Å². The molecule has 0 bridgehead atoms. The number of aryl methyl sites for hydroxylation is 1. The third-order valence-corrected chi connectivity index (χ3v) is 8.02. The van der Waals surface area contributed by atoms with E-state index in [1.807, 2.05) is 0 Å². The summed E-state index contributed by atoms with van der Waals surface area (Å²) in [5.74, 6) is 0.802. The Hall–Kier alpha value is -3.31. The standard InChI is InChI=1S/C23H27N3O7S/c1-14-11-17-19(33-15(2)22(27)24-17)13-21(14)34(29,30)26-9-7-25(8-10-26)23(28)16-5-6-18(31-3)20(12-16)32-4/h5-6,11-13,15H,7-10H2,1-4H3,(H,24,27)/t15-/m1/s1. The lowest BCUT2D eigenvalue weighted by Crippen LogP contribution is -2.50. The van der Waals surface area contributed by atoms with E-state index in [-0.39, 0.29) is 42.9 Å². The number of piperazine rings is 1. The van der Waals surface area contributed by atoms with Crippen LogP contribution in [0.4, 0.5) is 5.69 Å². The second-order valence-electron chi connectivity index (χ2n) is 8.13. The SMILES string of the molecule is COc1ccc(C(=O)N2CCN(S(=O)(=O)c3cc4c(cc3C)NC(=O)[C@@H](C)O4)CC2)cc1OC. The molecular weight excluding hydrogens is 462 g/mol. The Morgan fingerprint density at radius 1 is 1.06 bits per heavy atom. The minimum atomic E-state index is -3.82. The average molecular weight is 490 g/mol. The number of fused-ring (bicyclic) bond motifs is 1. The van der Waals surface area contributed by atoms with E-state index in [0.29, 0.717) is 34.1 Å². The summed E-state index contributed by atoms with van der Waals surface area (Å²) in [6, 6.07) is 7.99. The van der Waals surface area contributed by atoms with Crippen LogP contribution in [-0.4, -0.2) is 75.9 Å². The summed E-state index contributed by atoms with van der Waals surface area (Å²) in [5, 5.41) is 2.72. The summed E-state index contributed by atoms with van der Waals surface area (Å²) < 4.78 is 44.2. The van der Waals surface area contributed by atoms with Gasteiger partial charge < -0.3 is 24.4 Å². The minimum absolute atomic E-state index is 0.120. The zero-order chi connectivity index (χ0) is 24.6. The van der Waals surface area contributed by atoms with E-state index in [4.69, 9.17) is 14.2 Å². The van der Waals surface area contributed by atoms with Crippen LogP contribution < -0.4 is 19.5 Å². The van der Waals surface area contributed by atoms with Crippen molar-refractivity contribution in [2.24, 2.45) is 0 Å². The van der Waals surface area contributed by atoms with Gasteiger partial charge in [-0.05, 0) is 43.7 Å². The van der Waals surface area contributed by atoms with E-state index in [1.54, 1.807) is 43.0 Å². The average Bonchev–Trinajstić information content (AvgIpc) is 2.83. The number of methoxy groups -OCH3 is 2. The predicted octanol–water partition coefficient (Wildman–Crippen LogP) is 1.88. The molecule has 182 valence electrons. The van der Waals surface area contributed by atoms with Gasteiger partial charge in [-0.3, -0.25) is 9.59 Å². The second-order valence-corrected chi connectivity index (χ2v) is 10.0. The smallest absolute Gasteiger partial charge is 0.265 e. The van der Waals surface area contributed by atoms with Crippen LogP contribution in [0.25, 0.3) is 0 Å². The van der Waals surface area contributed by atoms with Crippen LogP contribution in [-0.2, 0) is 14.8 Å². The number of hydrogen-bond donors (Lipinski definition) is 1. The number of ether oxygens (including phenoxy) is 3. The highest BCUT2D eigenvalue weighted by Gasteiger charge is 2.33. The molecule has 1 saturated heterocycles. The fourth-order valence-corrected chi connectivity index (χ4v) is 5.69. The molecule has 0 saturated carbocycles. The second kappa shape index (κ2) is 9.15. The molecule has 10 nitrogen and oxygen atoms in total. The monoisotopic (exact) mass is 489 g/mol. The lowest BCUT2D eigenvalue weighted by Gasteiger charge is -2.34. The summed E-state index contributed by atoms with van der Waals surface area (Å²) in [7, 11) is -0.807. The van der Waals surface area contributed by atoms with E-state index in [2.05, 4.69) is 5.32 Å². The maximum Gasteiger partial charge on any atom is 0.265 e. The summed E-state index contributed by atoms with van der Waals surface area (Å²) in [4.78, 5) is 26.6. The van der Waals surface area contributed by atoms with E-state index in [9.17, 15) is 18.0 Å². The molecule has 2 aliphatic rings. The maximum absolute atomic E-state index is 13.4. The fraction of sp³-hybridized carbons (Fsp3) is 0.391. The number of sulfonamides is 1. The van der Waals surface area contributed by atoms with Gasteiger partial charge in [0.15, 0.2) is 17.6 Å². The Kier molecular flexibility index (Phi) is 6.41. The first-order chi connectivity index (χ1) is 16.1. The van der Waals surface area contributed by atoms with Gasteiger partial charge in [0.25, 0.3) is 11.8 Å². The van der Waals surface area contributed by atoms with Crippen molar-refractivity contribution in [1.82, 2.24) is 9.21 Å². The van der Waals surface area contributed by atoms with Crippen LogP contribution >= 0.6 is 0 Å². The van der Waals surface area contributed by atoms with Gasteiger partial charge in [0.2, 0.25) is 10.0 Å². The summed E-state index contributed by atoms with van der Waals surface area (Å²) >= 11 is 0. The number of nitrogens with zero attached hydrogens (tertiary/aromatic N) is 2. The Balaban J connectivity index is 1.49. The van der Waals surface area contributed by atoms with Crippen LogP contribution in [0, 0.1) is 6.92 Å². The molecule has 0 aliphatic carbocycles. The summed E-state index contributed by atoms with van der Waals surface area (Å²) in [5.41, 5.74) is 1.39. The van der Waals surface area contributed by atoms with Crippen LogP contribution in [0.1, 0.15) is 22.8 Å². The van der Waals surface area contributed by atoms with Gasteiger partial charge in [-0.25, -0.2) is 8.42 Å². The number of benzene rings is 2. The predicted molar refractivity (Wildman–Crippen MR) is 124 cm³/mol. The van der Waals surface area contributed by atoms with Crippen molar-refractivity contribution in [2.45, 2.75) is 24.8 Å². The van der Waals surface area contributed by atoms with E-state index in [0.717, 1.165) is 0 Å². The van der Waals surface area contributed by atoms with Crippen molar-refractivity contribution in [2.75, 3.05) is 45.7 Å². The van der Waals surface area contributed by atoms with Crippen molar-refractivity contribution in [1.29, 1.82) is 0 Å². The first kappa shape index (κ1) is 23.8. The van der Waals surface area contributed by atoms with Crippen molar-refractivity contribution in [3.05, 3.63) is 41.5 Å². The number of carbonyl (C=O) groups excluding carboxylic acids is 2. The molecule has 0 radical (unpaired) electrons. The Labute approximate surface area is 198 Å². The number of amides is 2. The fourth-order valence-electron chi connectivity index (χ4n) is 4.04. The van der Waals surface area contributed by atoms with E-state index in [1.165, 1.54) is 24.6 Å². The molecule has 0 aromatic heterocycles. The lowest BCUT2D eigenvalue weighted by molar-refractivity contribution is -0.122. The first-order valence-corrected chi connectivity index (χ1v) is 12.2. The molecule has 2 aromatic rings. The van der Waals surface area contributed by atoms with E-state index >= 15 is 0 Å². The summed E-state index contributed by atoms with van der Waals surface area (Å²) in [6.07, 6.45) is -0.711. The number of nitrogens with one attached hydrogen (secondary N) is 1. The number of rotatable bonds is 5. The third-order valence-electron chi connectivity index (χ3n) is 5.98. The van der Waals surface area contributed by atoms with Gasteiger partial charge in [0.05, 0.1) is 24.8 Å². The van der Waals surface area contributed by atoms with Crippen molar-refractivity contribution >= 4 is 27.5 Å². The Morgan fingerprint density at radius 2 is 1.74 bits per heavy atom.